The number of thiophene rings is 2. The van der Waals surface area contributed by atoms with Gasteiger partial charge in [-0.3, -0.25) is 0 Å². The number of aromatic hydroxyl groups is 1. The first-order chi connectivity index (χ1) is 4.77. The van der Waals surface area contributed by atoms with Crippen LogP contribution in [0.25, 0.3) is 9.40 Å². The fourth-order valence-corrected chi connectivity index (χ4v) is 4.07. The molecule has 0 aliphatic heterocycles. The molecular weight excluding hydrogens is 279 g/mol. The fourth-order valence-electron chi connectivity index (χ4n) is 0.784. The van der Waals surface area contributed by atoms with Gasteiger partial charge in [0.1, 0.15) is 5.75 Å². The molecule has 0 aromatic carbocycles. The van der Waals surface area contributed by atoms with E-state index in [-0.39, 0.29) is 0 Å². The van der Waals surface area contributed by atoms with Gasteiger partial charge in [0.15, 0.2) is 0 Å². The zero-order chi connectivity index (χ0) is 7.14. The van der Waals surface area contributed by atoms with Gasteiger partial charge in [0.05, 0.1) is 6.90 Å². The van der Waals surface area contributed by atoms with Gasteiger partial charge in [-0.1, -0.05) is 0 Å². The van der Waals surface area contributed by atoms with Crippen LogP contribution in [0.3, 0.4) is 0 Å². The molecule has 2 aromatic rings. The summed E-state index contributed by atoms with van der Waals surface area (Å²) < 4.78 is 2.44. The predicted molar refractivity (Wildman–Crippen MR) is 54.1 cm³/mol. The van der Waals surface area contributed by atoms with Crippen molar-refractivity contribution in [2.75, 3.05) is 0 Å². The molecule has 0 amide bonds. The predicted octanol–water partition coefficient (Wildman–Crippen LogP) is 3.27. The molecule has 1 N–H and O–H groups in total. The van der Waals surface area contributed by atoms with E-state index in [2.05, 4.69) is 22.6 Å². The third-order valence-corrected chi connectivity index (χ3v) is 4.23. The van der Waals surface area contributed by atoms with E-state index in [9.17, 15) is 5.11 Å². The SMILES string of the molecule is Oc1csc2sc(I)cc12. The van der Waals surface area contributed by atoms with Gasteiger partial charge in [-0.15, -0.1) is 22.7 Å². The summed E-state index contributed by atoms with van der Waals surface area (Å²) in [6.45, 7) is 0. The Labute approximate surface area is 79.4 Å². The van der Waals surface area contributed by atoms with Crippen molar-refractivity contribution >= 4 is 54.7 Å². The van der Waals surface area contributed by atoms with Gasteiger partial charge in [-0.25, -0.2) is 0 Å². The average Bonchev–Trinajstić information content (AvgIpc) is 2.35. The van der Waals surface area contributed by atoms with Gasteiger partial charge in [-0.05, 0) is 28.7 Å². The summed E-state index contributed by atoms with van der Waals surface area (Å²) in [7, 11) is 0. The molecule has 0 aliphatic rings. The van der Waals surface area contributed by atoms with Crippen molar-refractivity contribution in [3.05, 3.63) is 14.3 Å². The zero-order valence-electron chi connectivity index (χ0n) is 4.80. The van der Waals surface area contributed by atoms with E-state index in [4.69, 9.17) is 0 Å². The standard InChI is InChI=1S/C6H3IOS2/c7-5-1-3-4(8)2-9-6(3)10-5/h1-2,8H. The van der Waals surface area contributed by atoms with Crippen molar-refractivity contribution in [1.82, 2.24) is 0 Å². The largest absolute Gasteiger partial charge is 0.506 e. The molecule has 0 atom stereocenters. The Morgan fingerprint density at radius 3 is 3.00 bits per heavy atom. The lowest BCUT2D eigenvalue weighted by atomic mass is 10.4. The minimum absolute atomic E-state index is 0.416. The first kappa shape index (κ1) is 6.87. The second-order valence-corrected chi connectivity index (χ2v) is 5.96. The van der Waals surface area contributed by atoms with Crippen LogP contribution in [0.2, 0.25) is 0 Å². The van der Waals surface area contributed by atoms with Crippen molar-refractivity contribution in [3.8, 4) is 5.75 Å². The molecule has 1 nitrogen and oxygen atoms in total. The minimum Gasteiger partial charge on any atom is -0.506 e. The number of hydrogen-bond acceptors (Lipinski definition) is 3. The Morgan fingerprint density at radius 2 is 2.30 bits per heavy atom. The van der Waals surface area contributed by atoms with E-state index < -0.39 is 0 Å². The maximum Gasteiger partial charge on any atom is 0.135 e. The monoisotopic (exact) mass is 282 g/mol. The topological polar surface area (TPSA) is 20.2 Å². The van der Waals surface area contributed by atoms with Crippen LogP contribution in [0.15, 0.2) is 11.4 Å². The number of hydrogen-bond donors (Lipinski definition) is 1. The van der Waals surface area contributed by atoms with E-state index in [1.54, 1.807) is 28.1 Å². The van der Waals surface area contributed by atoms with Gasteiger partial charge in [0, 0.05) is 10.8 Å². The van der Waals surface area contributed by atoms with Gasteiger partial charge in [0.25, 0.3) is 0 Å². The molecular formula is C6H3IOS2. The summed E-state index contributed by atoms with van der Waals surface area (Å²) in [6.07, 6.45) is 0. The Hall–Kier alpha value is 0.190. The first-order valence-electron chi connectivity index (χ1n) is 2.63. The van der Waals surface area contributed by atoms with Crippen LogP contribution in [-0.2, 0) is 0 Å². The molecule has 0 aliphatic carbocycles. The highest BCUT2D eigenvalue weighted by molar-refractivity contribution is 14.1. The molecule has 2 heterocycles. The molecule has 2 aromatic heterocycles. The van der Waals surface area contributed by atoms with Crippen LogP contribution in [0, 0.1) is 2.88 Å². The Bertz CT molecular complexity index is 363. The van der Waals surface area contributed by atoms with Crippen LogP contribution < -0.4 is 0 Å². The van der Waals surface area contributed by atoms with E-state index in [1.807, 2.05) is 6.07 Å². The Kier molecular flexibility index (Phi) is 1.62. The molecule has 0 bridgehead atoms. The Balaban J connectivity index is 2.90. The summed E-state index contributed by atoms with van der Waals surface area (Å²) in [6, 6.07) is 2.01. The van der Waals surface area contributed by atoms with Crippen LogP contribution in [0.4, 0.5) is 0 Å². The summed E-state index contributed by atoms with van der Waals surface area (Å²) in [5.41, 5.74) is 0. The van der Waals surface area contributed by atoms with Crippen molar-refractivity contribution in [2.45, 2.75) is 0 Å². The van der Waals surface area contributed by atoms with Crippen molar-refractivity contribution in [3.63, 3.8) is 0 Å². The van der Waals surface area contributed by atoms with E-state index >= 15 is 0 Å². The molecule has 0 unspecified atom stereocenters. The second-order valence-electron chi connectivity index (χ2n) is 1.87. The minimum atomic E-state index is 0.416. The van der Waals surface area contributed by atoms with E-state index in [1.165, 1.54) is 6.90 Å². The lowest BCUT2D eigenvalue weighted by molar-refractivity contribution is 0.484. The number of fused-ring (bicyclic) bond motifs is 1. The summed E-state index contributed by atoms with van der Waals surface area (Å²) in [4.78, 5) is 0. The van der Waals surface area contributed by atoms with Crippen LogP contribution in [0.1, 0.15) is 0 Å². The summed E-state index contributed by atoms with van der Waals surface area (Å²) >= 11 is 5.58. The van der Waals surface area contributed by atoms with E-state index in [0.717, 1.165) is 5.39 Å². The van der Waals surface area contributed by atoms with Gasteiger partial charge >= 0.3 is 0 Å². The molecule has 4 heteroatoms. The Morgan fingerprint density at radius 1 is 1.50 bits per heavy atom. The fraction of sp³-hybridized carbons (Fsp3) is 0. The maximum absolute atomic E-state index is 9.24. The highest BCUT2D eigenvalue weighted by Crippen LogP contribution is 2.37. The third-order valence-electron chi connectivity index (χ3n) is 1.22. The number of halogens is 1. The molecule has 0 radical (unpaired) electrons. The van der Waals surface area contributed by atoms with Crippen LogP contribution in [0.5, 0.6) is 5.75 Å². The van der Waals surface area contributed by atoms with Gasteiger partial charge in [0.2, 0.25) is 0 Å². The van der Waals surface area contributed by atoms with Crippen LogP contribution in [-0.4, -0.2) is 5.11 Å². The molecule has 0 fully saturated rings. The second kappa shape index (κ2) is 2.35. The van der Waals surface area contributed by atoms with Gasteiger partial charge in [-0.2, -0.15) is 0 Å². The van der Waals surface area contributed by atoms with Gasteiger partial charge < -0.3 is 5.11 Å². The quantitative estimate of drug-likeness (QED) is 0.735. The highest BCUT2D eigenvalue weighted by Gasteiger charge is 2.04. The van der Waals surface area contributed by atoms with Crippen molar-refractivity contribution in [2.24, 2.45) is 0 Å². The smallest absolute Gasteiger partial charge is 0.135 e. The van der Waals surface area contributed by atoms with Crippen LogP contribution >= 0.6 is 45.3 Å². The lowest BCUT2D eigenvalue weighted by Crippen LogP contribution is -1.51. The number of rotatable bonds is 0. The van der Waals surface area contributed by atoms with E-state index in [0.29, 0.717) is 5.75 Å². The molecule has 0 saturated heterocycles. The summed E-state index contributed by atoms with van der Waals surface area (Å²) in [5, 5.41) is 12.0. The molecule has 0 saturated carbocycles. The molecule has 52 valence electrons. The maximum atomic E-state index is 9.24. The molecule has 0 spiro atoms. The molecule has 2 rings (SSSR count). The normalized spacial score (nSPS) is 10.9. The van der Waals surface area contributed by atoms with Crippen molar-refractivity contribution in [1.29, 1.82) is 0 Å². The first-order valence-corrected chi connectivity index (χ1v) is 5.40. The molecule has 10 heavy (non-hydrogen) atoms. The summed E-state index contributed by atoms with van der Waals surface area (Å²) in [5.74, 6) is 0.416. The average molecular weight is 282 g/mol. The zero-order valence-corrected chi connectivity index (χ0v) is 8.59. The van der Waals surface area contributed by atoms with Crippen molar-refractivity contribution < 1.29 is 5.11 Å². The highest BCUT2D eigenvalue weighted by atomic mass is 127. The lowest BCUT2D eigenvalue weighted by Gasteiger charge is -1.77. The third kappa shape index (κ3) is 0.943.